The van der Waals surface area contributed by atoms with E-state index < -0.39 is 5.97 Å². The van der Waals surface area contributed by atoms with Gasteiger partial charge in [0.1, 0.15) is 11.5 Å². The molecule has 3 aromatic carbocycles. The molecule has 0 aliphatic rings. The molecule has 34 heavy (non-hydrogen) atoms. The molecule has 176 valence electrons. The minimum atomic E-state index is -0.993. The first-order valence-electron chi connectivity index (χ1n) is 11.4. The molecule has 0 atom stereocenters. The number of benzene rings is 3. The molecular formula is C29H30O4S. The maximum absolute atomic E-state index is 10.8. The fourth-order valence-electron chi connectivity index (χ4n) is 3.31. The van der Waals surface area contributed by atoms with E-state index in [1.807, 2.05) is 67.6 Å². The fourth-order valence-corrected chi connectivity index (χ4v) is 4.32. The number of hydrogen-bond acceptors (Lipinski definition) is 4. The first kappa shape index (κ1) is 25.3. The van der Waals surface area contributed by atoms with E-state index in [-0.39, 0.29) is 6.61 Å². The van der Waals surface area contributed by atoms with Gasteiger partial charge in [0.2, 0.25) is 0 Å². The summed E-state index contributed by atoms with van der Waals surface area (Å²) in [7, 11) is 0. The third-order valence-corrected chi connectivity index (χ3v) is 6.34. The van der Waals surface area contributed by atoms with E-state index in [1.54, 1.807) is 11.8 Å². The Morgan fingerprint density at radius 1 is 0.912 bits per heavy atom. The van der Waals surface area contributed by atoms with Gasteiger partial charge >= 0.3 is 5.97 Å². The van der Waals surface area contributed by atoms with Crippen molar-refractivity contribution in [2.45, 2.75) is 43.4 Å². The van der Waals surface area contributed by atoms with Crippen LogP contribution in [0.25, 0.3) is 0 Å². The lowest BCUT2D eigenvalue weighted by molar-refractivity contribution is -0.139. The highest BCUT2D eigenvalue weighted by atomic mass is 32.2. The Morgan fingerprint density at radius 3 is 2.32 bits per heavy atom. The van der Waals surface area contributed by atoms with Crippen LogP contribution in [0, 0.1) is 24.7 Å². The van der Waals surface area contributed by atoms with Crippen molar-refractivity contribution in [1.82, 2.24) is 0 Å². The maximum Gasteiger partial charge on any atom is 0.341 e. The molecule has 0 aromatic heterocycles. The van der Waals surface area contributed by atoms with Gasteiger partial charge in [-0.05, 0) is 66.9 Å². The van der Waals surface area contributed by atoms with E-state index in [2.05, 4.69) is 31.8 Å². The molecule has 0 radical (unpaired) electrons. The monoisotopic (exact) mass is 474 g/mol. The Bertz CT molecular complexity index is 1160. The van der Waals surface area contributed by atoms with Gasteiger partial charge < -0.3 is 14.6 Å². The minimum absolute atomic E-state index is 0.354. The number of rotatable bonds is 10. The molecule has 0 saturated carbocycles. The van der Waals surface area contributed by atoms with Crippen LogP contribution >= 0.6 is 11.8 Å². The Hall–Kier alpha value is -3.36. The average Bonchev–Trinajstić information content (AvgIpc) is 2.83. The van der Waals surface area contributed by atoms with Gasteiger partial charge in [-0.15, -0.1) is 0 Å². The number of carboxylic acid groups (broad SMARTS) is 1. The second-order valence-corrected chi connectivity index (χ2v) is 9.16. The average molecular weight is 475 g/mol. The summed E-state index contributed by atoms with van der Waals surface area (Å²) in [5.74, 6) is 7.41. The topological polar surface area (TPSA) is 55.8 Å². The largest absolute Gasteiger partial charge is 0.493 e. The number of carboxylic acids is 1. The van der Waals surface area contributed by atoms with E-state index in [9.17, 15) is 4.79 Å². The van der Waals surface area contributed by atoms with Crippen LogP contribution in [0.1, 0.15) is 43.4 Å². The molecule has 0 fully saturated rings. The van der Waals surface area contributed by atoms with Crippen molar-refractivity contribution < 1.29 is 19.4 Å². The van der Waals surface area contributed by atoms with E-state index in [0.29, 0.717) is 18.3 Å². The zero-order valence-electron chi connectivity index (χ0n) is 19.8. The Kier molecular flexibility index (Phi) is 9.49. The van der Waals surface area contributed by atoms with Crippen LogP contribution in [0.5, 0.6) is 11.5 Å². The van der Waals surface area contributed by atoms with Crippen molar-refractivity contribution >= 4 is 17.7 Å². The summed E-state index contributed by atoms with van der Waals surface area (Å²) >= 11 is 1.61. The van der Waals surface area contributed by atoms with Crippen LogP contribution in [-0.4, -0.2) is 24.3 Å². The third-order valence-electron chi connectivity index (χ3n) is 5.38. The summed E-state index contributed by atoms with van der Waals surface area (Å²) in [6.07, 6.45) is 2.17. The Labute approximate surface area is 206 Å². The van der Waals surface area contributed by atoms with Crippen LogP contribution in [0.2, 0.25) is 0 Å². The Morgan fingerprint density at radius 2 is 1.65 bits per heavy atom. The Balaban J connectivity index is 1.84. The van der Waals surface area contributed by atoms with Crippen molar-refractivity contribution in [2.75, 3.05) is 13.2 Å². The maximum atomic E-state index is 10.8. The van der Waals surface area contributed by atoms with Gasteiger partial charge in [0.25, 0.3) is 0 Å². The van der Waals surface area contributed by atoms with E-state index in [1.165, 1.54) is 0 Å². The van der Waals surface area contributed by atoms with Crippen molar-refractivity contribution in [2.24, 2.45) is 5.92 Å². The SMILES string of the molecule is CCC(CC)COc1cc(C#Cc2ccccc2)cc(Sc2ccc(OCC(=O)O)c(C)c2)c1. The molecule has 0 unspecified atom stereocenters. The highest BCUT2D eigenvalue weighted by molar-refractivity contribution is 7.99. The molecule has 1 N–H and O–H groups in total. The number of aliphatic carboxylic acids is 1. The summed E-state index contributed by atoms with van der Waals surface area (Å²) in [5.41, 5.74) is 2.75. The molecule has 0 spiro atoms. The molecular weight excluding hydrogens is 444 g/mol. The van der Waals surface area contributed by atoms with Gasteiger partial charge in [-0.3, -0.25) is 0 Å². The standard InChI is InChI=1S/C29H30O4S/c1-4-22(5-2)19-32-25-16-24(12-11-23-9-7-6-8-10-23)17-27(18-25)34-26-13-14-28(21(3)15-26)33-20-29(30)31/h6-10,13-18,22H,4-5,19-20H2,1-3H3,(H,30,31). The second-order valence-electron chi connectivity index (χ2n) is 8.01. The lowest BCUT2D eigenvalue weighted by Crippen LogP contribution is -2.10. The quantitative estimate of drug-likeness (QED) is 0.327. The zero-order valence-corrected chi connectivity index (χ0v) is 20.7. The highest BCUT2D eigenvalue weighted by Gasteiger charge is 2.09. The number of aryl methyl sites for hydroxylation is 1. The van der Waals surface area contributed by atoms with Crippen molar-refractivity contribution in [3.8, 4) is 23.3 Å². The summed E-state index contributed by atoms with van der Waals surface area (Å²) in [4.78, 5) is 12.8. The van der Waals surface area contributed by atoms with E-state index in [0.717, 1.165) is 45.1 Å². The summed E-state index contributed by atoms with van der Waals surface area (Å²) in [6.45, 7) is 6.61. The molecule has 0 saturated heterocycles. The molecule has 0 bridgehead atoms. The molecule has 4 nitrogen and oxygen atoms in total. The van der Waals surface area contributed by atoms with Crippen LogP contribution in [0.3, 0.4) is 0 Å². The van der Waals surface area contributed by atoms with Crippen LogP contribution in [0.4, 0.5) is 0 Å². The normalized spacial score (nSPS) is 10.5. The molecule has 0 aliphatic heterocycles. The van der Waals surface area contributed by atoms with Gasteiger partial charge in [-0.25, -0.2) is 4.79 Å². The van der Waals surface area contributed by atoms with Gasteiger partial charge in [0.05, 0.1) is 6.61 Å². The van der Waals surface area contributed by atoms with E-state index in [4.69, 9.17) is 14.6 Å². The molecule has 0 aliphatic carbocycles. The zero-order chi connectivity index (χ0) is 24.3. The minimum Gasteiger partial charge on any atom is -0.493 e. The molecule has 3 rings (SSSR count). The number of ether oxygens (including phenoxy) is 2. The van der Waals surface area contributed by atoms with Gasteiger partial charge in [-0.1, -0.05) is 68.5 Å². The predicted molar refractivity (Wildman–Crippen MR) is 137 cm³/mol. The van der Waals surface area contributed by atoms with Gasteiger partial charge in [0, 0.05) is 20.9 Å². The summed E-state index contributed by atoms with van der Waals surface area (Å²) in [5, 5.41) is 8.84. The first-order valence-corrected chi connectivity index (χ1v) is 12.3. The van der Waals surface area contributed by atoms with Crippen molar-refractivity contribution in [1.29, 1.82) is 0 Å². The van der Waals surface area contributed by atoms with Crippen molar-refractivity contribution in [3.05, 3.63) is 83.4 Å². The lowest BCUT2D eigenvalue weighted by atomic mass is 10.1. The molecule has 0 amide bonds. The van der Waals surface area contributed by atoms with Gasteiger partial charge in [0.15, 0.2) is 6.61 Å². The fraction of sp³-hybridized carbons (Fsp3) is 0.276. The first-order chi connectivity index (χ1) is 16.5. The number of hydrogen-bond donors (Lipinski definition) is 1. The van der Waals surface area contributed by atoms with E-state index >= 15 is 0 Å². The molecule has 5 heteroatoms. The molecule has 0 heterocycles. The van der Waals surface area contributed by atoms with Crippen LogP contribution in [0.15, 0.2) is 76.5 Å². The molecule has 3 aromatic rings. The van der Waals surface area contributed by atoms with Crippen LogP contribution < -0.4 is 9.47 Å². The third kappa shape index (κ3) is 7.90. The second kappa shape index (κ2) is 12.8. The number of carbonyl (C=O) groups is 1. The smallest absolute Gasteiger partial charge is 0.341 e. The van der Waals surface area contributed by atoms with Crippen LogP contribution in [-0.2, 0) is 4.79 Å². The van der Waals surface area contributed by atoms with Crippen molar-refractivity contribution in [3.63, 3.8) is 0 Å². The summed E-state index contributed by atoms with van der Waals surface area (Å²) in [6, 6.07) is 21.8. The lowest BCUT2D eigenvalue weighted by Gasteiger charge is -2.15. The van der Waals surface area contributed by atoms with Gasteiger partial charge in [-0.2, -0.15) is 0 Å². The highest BCUT2D eigenvalue weighted by Crippen LogP contribution is 2.34. The predicted octanol–water partition coefficient (Wildman–Crippen LogP) is 6.82. The summed E-state index contributed by atoms with van der Waals surface area (Å²) < 4.78 is 11.5.